The molecule has 1 heterocycles. The summed E-state index contributed by atoms with van der Waals surface area (Å²) in [5.74, 6) is -1.42. The predicted molar refractivity (Wildman–Crippen MR) is 102 cm³/mol. The minimum absolute atomic E-state index is 0.245. The molecule has 0 saturated heterocycles. The molecule has 0 saturated carbocycles. The summed E-state index contributed by atoms with van der Waals surface area (Å²) in [5.41, 5.74) is 9.03. The Morgan fingerprint density at radius 2 is 1.85 bits per heavy atom. The molecule has 0 aliphatic heterocycles. The normalized spacial score (nSPS) is 11.9. The van der Waals surface area contributed by atoms with Gasteiger partial charge >= 0.3 is 11.9 Å². The molecule has 0 bridgehead atoms. The minimum Gasteiger partial charge on any atom is -0.480 e. The van der Waals surface area contributed by atoms with Crippen LogP contribution >= 0.6 is 0 Å². The zero-order valence-electron chi connectivity index (χ0n) is 14.9. The average Bonchev–Trinajstić information content (AvgIpc) is 2.67. The number of para-hydroxylation sites is 1. The molecule has 6 heteroatoms. The number of carbonyl (C=O) groups excluding carboxylic acids is 1. The number of esters is 1. The second-order valence-electron chi connectivity index (χ2n) is 6.14. The average molecular weight is 364 g/mol. The van der Waals surface area contributed by atoms with Crippen molar-refractivity contribution in [2.75, 3.05) is 6.61 Å². The molecule has 27 heavy (non-hydrogen) atoms. The molecule has 0 fully saturated rings. The minimum atomic E-state index is -1.03. The number of fused-ring (bicyclic) bond motifs is 1. The van der Waals surface area contributed by atoms with Gasteiger partial charge in [-0.05, 0) is 31.0 Å². The molecule has 3 N–H and O–H groups in total. The van der Waals surface area contributed by atoms with Crippen molar-refractivity contribution >= 4 is 22.8 Å². The molecule has 1 aromatic heterocycles. The van der Waals surface area contributed by atoms with E-state index >= 15 is 0 Å². The van der Waals surface area contributed by atoms with E-state index in [1.165, 1.54) is 0 Å². The summed E-state index contributed by atoms with van der Waals surface area (Å²) in [7, 11) is 0. The third-order valence-corrected chi connectivity index (χ3v) is 4.23. The van der Waals surface area contributed by atoms with Crippen LogP contribution < -0.4 is 5.73 Å². The van der Waals surface area contributed by atoms with E-state index in [0.29, 0.717) is 23.4 Å². The molecule has 2 aromatic carbocycles. The van der Waals surface area contributed by atoms with E-state index in [1.54, 1.807) is 13.0 Å². The standard InChI is InChI=1S/C21H20N2O4/c1-2-27-21(26)16-12-19(23-18-6-4-3-5-15(16)18)14-9-7-13(8-10-14)11-17(22)20(24)25/h3-10,12,17H,2,11,22H2,1H3,(H,24,25)/t17-/m0/s1. The lowest BCUT2D eigenvalue weighted by Gasteiger charge is -2.10. The maximum atomic E-state index is 12.4. The highest BCUT2D eigenvalue weighted by Crippen LogP contribution is 2.26. The smallest absolute Gasteiger partial charge is 0.338 e. The van der Waals surface area contributed by atoms with E-state index in [-0.39, 0.29) is 12.4 Å². The second kappa shape index (κ2) is 7.97. The highest BCUT2D eigenvalue weighted by molar-refractivity contribution is 6.04. The lowest BCUT2D eigenvalue weighted by Crippen LogP contribution is -2.32. The number of ether oxygens (including phenoxy) is 1. The Morgan fingerprint density at radius 1 is 1.15 bits per heavy atom. The predicted octanol–water partition coefficient (Wildman–Crippen LogP) is 3.03. The van der Waals surface area contributed by atoms with Crippen molar-refractivity contribution in [2.45, 2.75) is 19.4 Å². The number of pyridine rings is 1. The lowest BCUT2D eigenvalue weighted by molar-refractivity contribution is -0.138. The summed E-state index contributed by atoms with van der Waals surface area (Å²) < 4.78 is 5.18. The Labute approximate surface area is 156 Å². The first-order valence-corrected chi connectivity index (χ1v) is 8.64. The first kappa shape index (κ1) is 18.5. The van der Waals surface area contributed by atoms with Gasteiger partial charge in [-0.1, -0.05) is 42.5 Å². The van der Waals surface area contributed by atoms with E-state index in [0.717, 1.165) is 16.5 Å². The molecule has 0 amide bonds. The van der Waals surface area contributed by atoms with Crippen LogP contribution in [0.1, 0.15) is 22.8 Å². The van der Waals surface area contributed by atoms with Crippen LogP contribution in [-0.4, -0.2) is 34.7 Å². The van der Waals surface area contributed by atoms with Crippen LogP contribution in [0.2, 0.25) is 0 Å². The highest BCUT2D eigenvalue weighted by Gasteiger charge is 2.15. The maximum Gasteiger partial charge on any atom is 0.338 e. The number of carboxylic acid groups (broad SMARTS) is 1. The van der Waals surface area contributed by atoms with Crippen LogP contribution in [0.3, 0.4) is 0 Å². The van der Waals surface area contributed by atoms with Gasteiger partial charge in [-0.2, -0.15) is 0 Å². The summed E-state index contributed by atoms with van der Waals surface area (Å²) >= 11 is 0. The van der Waals surface area contributed by atoms with Crippen LogP contribution in [0.25, 0.3) is 22.2 Å². The van der Waals surface area contributed by atoms with Crippen molar-refractivity contribution in [1.29, 1.82) is 0 Å². The van der Waals surface area contributed by atoms with E-state index in [1.807, 2.05) is 48.5 Å². The van der Waals surface area contributed by atoms with Gasteiger partial charge in [0.15, 0.2) is 0 Å². The molecule has 6 nitrogen and oxygen atoms in total. The molecule has 1 atom stereocenters. The van der Waals surface area contributed by atoms with Crippen LogP contribution in [0.4, 0.5) is 0 Å². The number of hydrogen-bond donors (Lipinski definition) is 2. The number of nitrogens with zero attached hydrogens (tertiary/aromatic N) is 1. The Bertz CT molecular complexity index is 983. The van der Waals surface area contributed by atoms with Crippen LogP contribution in [0.15, 0.2) is 54.6 Å². The molecule has 0 spiro atoms. The number of rotatable bonds is 6. The van der Waals surface area contributed by atoms with Gasteiger partial charge in [-0.3, -0.25) is 4.79 Å². The molecule has 0 unspecified atom stereocenters. The fourth-order valence-electron chi connectivity index (χ4n) is 2.85. The van der Waals surface area contributed by atoms with Gasteiger partial charge in [-0.25, -0.2) is 9.78 Å². The number of aliphatic carboxylic acids is 1. The SMILES string of the molecule is CCOC(=O)c1cc(-c2ccc(C[C@H](N)C(=O)O)cc2)nc2ccccc12. The molecular weight excluding hydrogens is 344 g/mol. The Balaban J connectivity index is 1.99. The number of aromatic nitrogens is 1. The largest absolute Gasteiger partial charge is 0.480 e. The Kier molecular flexibility index (Phi) is 5.47. The van der Waals surface area contributed by atoms with Gasteiger partial charge in [0.05, 0.1) is 23.4 Å². The second-order valence-corrected chi connectivity index (χ2v) is 6.14. The van der Waals surface area contributed by atoms with Gasteiger partial charge in [0, 0.05) is 10.9 Å². The van der Waals surface area contributed by atoms with Gasteiger partial charge in [0.1, 0.15) is 6.04 Å². The zero-order valence-corrected chi connectivity index (χ0v) is 14.9. The molecular formula is C21H20N2O4. The first-order chi connectivity index (χ1) is 13.0. The first-order valence-electron chi connectivity index (χ1n) is 8.64. The van der Waals surface area contributed by atoms with Crippen molar-refractivity contribution in [2.24, 2.45) is 5.73 Å². The van der Waals surface area contributed by atoms with Crippen molar-refractivity contribution in [3.63, 3.8) is 0 Å². The van der Waals surface area contributed by atoms with Crippen molar-refractivity contribution in [3.8, 4) is 11.3 Å². The Morgan fingerprint density at radius 3 is 2.52 bits per heavy atom. The number of hydrogen-bond acceptors (Lipinski definition) is 5. The van der Waals surface area contributed by atoms with Crippen LogP contribution in [0.5, 0.6) is 0 Å². The van der Waals surface area contributed by atoms with Crippen molar-refractivity contribution in [1.82, 2.24) is 4.98 Å². The van der Waals surface area contributed by atoms with Gasteiger partial charge < -0.3 is 15.6 Å². The third kappa shape index (κ3) is 4.12. The molecule has 138 valence electrons. The number of nitrogens with two attached hydrogens (primary N) is 1. The molecule has 3 rings (SSSR count). The fourth-order valence-corrected chi connectivity index (χ4v) is 2.85. The fraction of sp³-hybridized carbons (Fsp3) is 0.190. The number of benzene rings is 2. The van der Waals surface area contributed by atoms with Crippen LogP contribution in [0, 0.1) is 0 Å². The maximum absolute atomic E-state index is 12.4. The van der Waals surface area contributed by atoms with Crippen molar-refractivity contribution < 1.29 is 19.4 Å². The molecule has 0 aliphatic rings. The monoisotopic (exact) mass is 364 g/mol. The van der Waals surface area contributed by atoms with Gasteiger partial charge in [0.2, 0.25) is 0 Å². The summed E-state index contributed by atoms with van der Waals surface area (Å²) in [6, 6.07) is 15.5. The summed E-state index contributed by atoms with van der Waals surface area (Å²) in [5, 5.41) is 9.66. The molecule has 0 radical (unpaired) electrons. The molecule has 0 aliphatic carbocycles. The van der Waals surface area contributed by atoms with Gasteiger partial charge in [0.25, 0.3) is 0 Å². The van der Waals surface area contributed by atoms with E-state index in [2.05, 4.69) is 4.98 Å². The number of carbonyl (C=O) groups is 2. The summed E-state index contributed by atoms with van der Waals surface area (Å²) in [4.78, 5) is 27.9. The van der Waals surface area contributed by atoms with Crippen molar-refractivity contribution in [3.05, 3.63) is 65.7 Å². The Hall–Kier alpha value is -3.25. The van der Waals surface area contributed by atoms with Crippen LogP contribution in [-0.2, 0) is 16.0 Å². The number of carboxylic acids is 1. The topological polar surface area (TPSA) is 103 Å². The lowest BCUT2D eigenvalue weighted by atomic mass is 10.0. The van der Waals surface area contributed by atoms with E-state index < -0.39 is 12.0 Å². The highest BCUT2D eigenvalue weighted by atomic mass is 16.5. The summed E-state index contributed by atoms with van der Waals surface area (Å²) in [6.07, 6.45) is 0.245. The third-order valence-electron chi connectivity index (χ3n) is 4.23. The van der Waals surface area contributed by atoms with E-state index in [9.17, 15) is 9.59 Å². The molecule has 3 aromatic rings. The zero-order chi connectivity index (χ0) is 19.4. The summed E-state index contributed by atoms with van der Waals surface area (Å²) in [6.45, 7) is 2.06. The quantitative estimate of drug-likeness (QED) is 0.652. The van der Waals surface area contributed by atoms with Gasteiger partial charge in [-0.15, -0.1) is 0 Å². The van der Waals surface area contributed by atoms with E-state index in [4.69, 9.17) is 15.6 Å².